The minimum absolute atomic E-state index is 0.706. The van der Waals surface area contributed by atoms with Crippen LogP contribution in [-0.4, -0.2) is 52.0 Å². The molecule has 4 heteroatoms. The molecule has 1 saturated heterocycles. The lowest BCUT2D eigenvalue weighted by molar-refractivity contribution is 0.0606. The van der Waals surface area contributed by atoms with Gasteiger partial charge < -0.3 is 19.1 Å². The van der Waals surface area contributed by atoms with Crippen molar-refractivity contribution in [1.29, 1.82) is 0 Å². The van der Waals surface area contributed by atoms with E-state index in [0.717, 1.165) is 43.7 Å². The Kier molecular flexibility index (Phi) is 6.83. The van der Waals surface area contributed by atoms with Gasteiger partial charge in [-0.3, -0.25) is 0 Å². The van der Waals surface area contributed by atoms with Crippen molar-refractivity contribution in [1.82, 2.24) is 4.90 Å². The number of rotatable bonds is 8. The first-order valence-corrected chi connectivity index (χ1v) is 7.81. The molecule has 1 aromatic rings. The summed E-state index contributed by atoms with van der Waals surface area (Å²) < 4.78 is 16.4. The summed E-state index contributed by atoms with van der Waals surface area (Å²) >= 11 is 0. The molecule has 21 heavy (non-hydrogen) atoms. The van der Waals surface area contributed by atoms with E-state index in [2.05, 4.69) is 11.9 Å². The largest absolute Gasteiger partial charge is 0.497 e. The fraction of sp³-hybridized carbons (Fsp3) is 0.647. The van der Waals surface area contributed by atoms with Gasteiger partial charge in [0.05, 0.1) is 7.11 Å². The Morgan fingerprint density at radius 2 is 1.95 bits per heavy atom. The number of likely N-dealkylation sites (N-methyl/N-ethyl adjacent to an activating group) is 1. The Morgan fingerprint density at radius 3 is 2.71 bits per heavy atom. The first kappa shape index (κ1) is 16.1. The Labute approximate surface area is 128 Å². The van der Waals surface area contributed by atoms with Crippen LogP contribution in [0.4, 0.5) is 0 Å². The van der Waals surface area contributed by atoms with Gasteiger partial charge in [0.25, 0.3) is 0 Å². The first-order chi connectivity index (χ1) is 10.3. The van der Waals surface area contributed by atoms with Crippen LogP contribution < -0.4 is 9.47 Å². The molecule has 0 radical (unpaired) electrons. The second-order valence-electron chi connectivity index (χ2n) is 5.68. The highest BCUT2D eigenvalue weighted by atomic mass is 16.5. The van der Waals surface area contributed by atoms with Crippen molar-refractivity contribution in [2.75, 3.05) is 47.1 Å². The third-order valence-corrected chi connectivity index (χ3v) is 4.04. The van der Waals surface area contributed by atoms with Crippen LogP contribution in [0.25, 0.3) is 0 Å². The van der Waals surface area contributed by atoms with E-state index in [-0.39, 0.29) is 0 Å². The van der Waals surface area contributed by atoms with E-state index in [0.29, 0.717) is 6.61 Å². The molecule has 1 aromatic carbocycles. The fourth-order valence-corrected chi connectivity index (χ4v) is 2.56. The zero-order valence-corrected chi connectivity index (χ0v) is 13.2. The lowest BCUT2D eigenvalue weighted by Crippen LogP contribution is -2.28. The summed E-state index contributed by atoms with van der Waals surface area (Å²) in [5.74, 6) is 2.54. The predicted molar refractivity (Wildman–Crippen MR) is 84.1 cm³/mol. The molecule has 0 aromatic heterocycles. The van der Waals surface area contributed by atoms with Gasteiger partial charge in [0.15, 0.2) is 0 Å². The number of benzene rings is 1. The van der Waals surface area contributed by atoms with Crippen LogP contribution in [0, 0.1) is 5.92 Å². The van der Waals surface area contributed by atoms with Crippen LogP contribution in [0.15, 0.2) is 24.3 Å². The molecule has 4 nitrogen and oxygen atoms in total. The second-order valence-corrected chi connectivity index (χ2v) is 5.68. The van der Waals surface area contributed by atoms with Gasteiger partial charge in [-0.05, 0) is 50.9 Å². The molecule has 0 unspecified atom stereocenters. The van der Waals surface area contributed by atoms with Crippen molar-refractivity contribution in [3.8, 4) is 11.5 Å². The van der Waals surface area contributed by atoms with Gasteiger partial charge in [-0.25, -0.2) is 0 Å². The Balaban J connectivity index is 1.60. The van der Waals surface area contributed by atoms with E-state index in [9.17, 15) is 0 Å². The Hall–Kier alpha value is -1.26. The van der Waals surface area contributed by atoms with Crippen molar-refractivity contribution >= 4 is 0 Å². The maximum atomic E-state index is 5.77. The van der Waals surface area contributed by atoms with Crippen LogP contribution in [0.5, 0.6) is 11.5 Å². The number of methoxy groups -OCH3 is 1. The van der Waals surface area contributed by atoms with Crippen molar-refractivity contribution in [2.45, 2.75) is 19.3 Å². The summed E-state index contributed by atoms with van der Waals surface area (Å²) in [6.07, 6.45) is 3.70. The van der Waals surface area contributed by atoms with Crippen LogP contribution >= 0.6 is 0 Å². The van der Waals surface area contributed by atoms with Crippen molar-refractivity contribution in [2.24, 2.45) is 5.92 Å². The van der Waals surface area contributed by atoms with E-state index < -0.39 is 0 Å². The fourth-order valence-electron chi connectivity index (χ4n) is 2.56. The molecule has 1 fully saturated rings. The van der Waals surface area contributed by atoms with Crippen molar-refractivity contribution < 1.29 is 14.2 Å². The van der Waals surface area contributed by atoms with Gasteiger partial charge in [-0.2, -0.15) is 0 Å². The van der Waals surface area contributed by atoms with Gasteiger partial charge in [0.2, 0.25) is 0 Å². The third-order valence-electron chi connectivity index (χ3n) is 4.04. The number of hydrogen-bond acceptors (Lipinski definition) is 4. The molecule has 1 heterocycles. The topological polar surface area (TPSA) is 30.9 Å². The summed E-state index contributed by atoms with van der Waals surface area (Å²) in [6, 6.07) is 7.75. The van der Waals surface area contributed by atoms with Gasteiger partial charge >= 0.3 is 0 Å². The SMILES string of the molecule is COc1cccc(OCCN(C)CCC2CCOCC2)c1. The number of ether oxygens (including phenoxy) is 3. The quantitative estimate of drug-likeness (QED) is 0.737. The summed E-state index contributed by atoms with van der Waals surface area (Å²) in [4.78, 5) is 2.34. The summed E-state index contributed by atoms with van der Waals surface area (Å²) in [7, 11) is 3.83. The maximum Gasteiger partial charge on any atom is 0.123 e. The molecule has 0 atom stereocenters. The smallest absolute Gasteiger partial charge is 0.123 e. The second kappa shape index (κ2) is 8.90. The number of hydrogen-bond donors (Lipinski definition) is 0. The molecule has 0 saturated carbocycles. The summed E-state index contributed by atoms with van der Waals surface area (Å²) in [5.41, 5.74) is 0. The molecule has 0 spiro atoms. The predicted octanol–water partition coefficient (Wildman–Crippen LogP) is 2.82. The molecule has 2 rings (SSSR count). The van der Waals surface area contributed by atoms with E-state index in [1.807, 2.05) is 24.3 Å². The number of nitrogens with zero attached hydrogens (tertiary/aromatic N) is 1. The van der Waals surface area contributed by atoms with E-state index in [1.54, 1.807) is 7.11 Å². The molecule has 118 valence electrons. The Morgan fingerprint density at radius 1 is 1.19 bits per heavy atom. The lowest BCUT2D eigenvalue weighted by Gasteiger charge is -2.24. The molecular formula is C17H27NO3. The lowest BCUT2D eigenvalue weighted by atomic mass is 9.96. The van der Waals surface area contributed by atoms with Gasteiger partial charge in [0.1, 0.15) is 18.1 Å². The zero-order chi connectivity index (χ0) is 14.9. The van der Waals surface area contributed by atoms with Crippen LogP contribution in [-0.2, 0) is 4.74 Å². The van der Waals surface area contributed by atoms with Crippen LogP contribution in [0.2, 0.25) is 0 Å². The summed E-state index contributed by atoms with van der Waals surface area (Å²) in [6.45, 7) is 4.66. The molecule has 0 N–H and O–H groups in total. The van der Waals surface area contributed by atoms with Crippen LogP contribution in [0.3, 0.4) is 0 Å². The monoisotopic (exact) mass is 293 g/mol. The molecule has 0 aliphatic carbocycles. The third kappa shape index (κ3) is 5.94. The van der Waals surface area contributed by atoms with E-state index in [4.69, 9.17) is 14.2 Å². The maximum absolute atomic E-state index is 5.77. The normalized spacial score (nSPS) is 16.1. The van der Waals surface area contributed by atoms with Crippen LogP contribution in [0.1, 0.15) is 19.3 Å². The highest BCUT2D eigenvalue weighted by Gasteiger charge is 2.14. The average molecular weight is 293 g/mol. The van der Waals surface area contributed by atoms with E-state index in [1.165, 1.54) is 19.3 Å². The minimum Gasteiger partial charge on any atom is -0.497 e. The first-order valence-electron chi connectivity index (χ1n) is 7.81. The zero-order valence-electron chi connectivity index (χ0n) is 13.2. The average Bonchev–Trinajstić information content (AvgIpc) is 2.54. The van der Waals surface area contributed by atoms with Gasteiger partial charge in [-0.1, -0.05) is 6.07 Å². The minimum atomic E-state index is 0.706. The summed E-state index contributed by atoms with van der Waals surface area (Å²) in [5, 5.41) is 0. The standard InChI is InChI=1S/C17H27NO3/c1-18(9-6-15-7-11-20-12-8-15)10-13-21-17-5-3-4-16(14-17)19-2/h3-5,14-15H,6-13H2,1-2H3. The Bertz CT molecular complexity index is 405. The molecule has 1 aliphatic heterocycles. The van der Waals surface area contributed by atoms with E-state index >= 15 is 0 Å². The highest BCUT2D eigenvalue weighted by Crippen LogP contribution is 2.19. The molecule has 0 amide bonds. The highest BCUT2D eigenvalue weighted by molar-refractivity contribution is 5.32. The molecule has 1 aliphatic rings. The van der Waals surface area contributed by atoms with Gasteiger partial charge in [0, 0.05) is 25.8 Å². The molecule has 0 bridgehead atoms. The van der Waals surface area contributed by atoms with Crippen molar-refractivity contribution in [3.05, 3.63) is 24.3 Å². The van der Waals surface area contributed by atoms with Crippen molar-refractivity contribution in [3.63, 3.8) is 0 Å². The van der Waals surface area contributed by atoms with Gasteiger partial charge in [-0.15, -0.1) is 0 Å². The molecular weight excluding hydrogens is 266 g/mol.